The van der Waals surface area contributed by atoms with Gasteiger partial charge in [0, 0.05) is 32.6 Å². The molecule has 0 spiro atoms. The van der Waals surface area contributed by atoms with Crippen LogP contribution in [0.3, 0.4) is 0 Å². The molecule has 2 amide bonds. The number of rotatable bonds is 14. The third-order valence-corrected chi connectivity index (χ3v) is 10.7. The molecule has 2 N–H and O–H groups in total. The van der Waals surface area contributed by atoms with Gasteiger partial charge in [-0.05, 0) is 182 Å². The lowest BCUT2D eigenvalue weighted by molar-refractivity contribution is 0.0513. The maximum absolute atomic E-state index is 11.8. The summed E-state index contributed by atoms with van der Waals surface area (Å²) in [5, 5.41) is 5.54. The molecule has 53 heavy (non-hydrogen) atoms. The van der Waals surface area contributed by atoms with Crippen molar-refractivity contribution in [3.63, 3.8) is 0 Å². The van der Waals surface area contributed by atoms with E-state index in [4.69, 9.17) is 18.9 Å². The van der Waals surface area contributed by atoms with Crippen molar-refractivity contribution in [2.75, 3.05) is 26.3 Å². The van der Waals surface area contributed by atoms with Crippen molar-refractivity contribution in [3.8, 4) is 32.4 Å². The Hall–Kier alpha value is -4.28. The zero-order chi connectivity index (χ0) is 38.2. The van der Waals surface area contributed by atoms with Gasteiger partial charge in [-0.2, -0.15) is 0 Å². The van der Waals surface area contributed by atoms with E-state index >= 15 is 0 Å². The summed E-state index contributed by atoms with van der Waals surface area (Å²) in [6, 6.07) is 21.3. The van der Waals surface area contributed by atoms with Gasteiger partial charge in [-0.15, -0.1) is 22.7 Å². The van der Waals surface area contributed by atoms with Crippen LogP contribution in [0.5, 0.6) is 11.5 Å². The van der Waals surface area contributed by atoms with E-state index in [0.29, 0.717) is 39.1 Å². The lowest BCUT2D eigenvalue weighted by Crippen LogP contribution is -2.33. The van der Waals surface area contributed by atoms with Crippen LogP contribution in [-0.2, 0) is 9.47 Å². The number of ether oxygens (including phenoxy) is 4. The van der Waals surface area contributed by atoms with Crippen molar-refractivity contribution in [1.29, 1.82) is 0 Å². The number of carbonyl (C=O) groups is 2. The number of thiophene rings is 2. The number of nitrogens with one attached hydrogen (secondary N) is 2. The van der Waals surface area contributed by atoms with Gasteiger partial charge in [-0.25, -0.2) is 9.59 Å². The van der Waals surface area contributed by atoms with E-state index in [1.54, 1.807) is 0 Å². The highest BCUT2D eigenvalue weighted by molar-refractivity contribution is 7.16. The van der Waals surface area contributed by atoms with E-state index in [-0.39, 0.29) is 0 Å². The zero-order valence-electron chi connectivity index (χ0n) is 32.4. The van der Waals surface area contributed by atoms with Crippen LogP contribution in [-0.4, -0.2) is 49.7 Å². The molecule has 0 aliphatic heterocycles. The fourth-order valence-electron chi connectivity index (χ4n) is 6.15. The van der Waals surface area contributed by atoms with Crippen LogP contribution in [0.15, 0.2) is 60.7 Å². The fourth-order valence-corrected chi connectivity index (χ4v) is 8.26. The molecule has 4 aromatic rings. The molecule has 8 nitrogen and oxygen atoms in total. The smallest absolute Gasteiger partial charge is 0.407 e. The lowest BCUT2D eigenvalue weighted by atomic mass is 9.96. The van der Waals surface area contributed by atoms with Crippen LogP contribution < -0.4 is 20.1 Å². The van der Waals surface area contributed by atoms with E-state index in [1.165, 1.54) is 59.3 Å². The summed E-state index contributed by atoms with van der Waals surface area (Å²) in [7, 11) is 0. The molecular weight excluding hydrogens is 705 g/mol. The molecule has 0 atom stereocenters. The van der Waals surface area contributed by atoms with Crippen molar-refractivity contribution < 1.29 is 28.5 Å². The van der Waals surface area contributed by atoms with Crippen LogP contribution in [0.2, 0.25) is 0 Å². The minimum Gasteiger partial charge on any atom is -0.494 e. The molecule has 10 heteroatoms. The second kappa shape index (κ2) is 17.7. The molecule has 2 aromatic carbocycles. The minimum atomic E-state index is -0.506. The minimum absolute atomic E-state index is 0.405. The zero-order valence-corrected chi connectivity index (χ0v) is 34.0. The number of aryl methyl sites for hydroxylation is 2. The molecule has 0 saturated carbocycles. The Kier molecular flexibility index (Phi) is 13.3. The Balaban J connectivity index is 1.17. The molecule has 2 heterocycles. The Morgan fingerprint density at radius 3 is 1.36 bits per heavy atom. The molecule has 0 bridgehead atoms. The molecule has 2 aromatic heterocycles. The largest absolute Gasteiger partial charge is 0.494 e. The second-order valence-corrected chi connectivity index (χ2v) is 17.8. The number of amides is 2. The molecule has 1 aliphatic rings. The monoisotopic (exact) mass is 758 g/mol. The topological polar surface area (TPSA) is 95.1 Å². The van der Waals surface area contributed by atoms with Gasteiger partial charge in [-0.1, -0.05) is 0 Å². The maximum atomic E-state index is 11.8. The van der Waals surface area contributed by atoms with Crippen molar-refractivity contribution >= 4 is 46.0 Å². The number of carbonyl (C=O) groups excluding carboxylic acids is 2. The van der Waals surface area contributed by atoms with Crippen molar-refractivity contribution in [2.24, 2.45) is 0 Å². The molecule has 0 saturated heterocycles. The highest BCUT2D eigenvalue weighted by Crippen LogP contribution is 2.47. The summed E-state index contributed by atoms with van der Waals surface area (Å²) in [4.78, 5) is 28.9. The van der Waals surface area contributed by atoms with Crippen LogP contribution >= 0.6 is 22.7 Å². The van der Waals surface area contributed by atoms with Crippen LogP contribution in [0.1, 0.15) is 94.5 Å². The average molecular weight is 759 g/mol. The summed E-state index contributed by atoms with van der Waals surface area (Å²) in [5.41, 5.74) is 7.03. The summed E-state index contributed by atoms with van der Waals surface area (Å²) in [6.07, 6.45) is 3.92. The van der Waals surface area contributed by atoms with Gasteiger partial charge in [0.15, 0.2) is 0 Å². The first kappa shape index (κ1) is 39.9. The van der Waals surface area contributed by atoms with Gasteiger partial charge in [0.25, 0.3) is 0 Å². The van der Waals surface area contributed by atoms with E-state index in [0.717, 1.165) is 24.3 Å². The van der Waals surface area contributed by atoms with Crippen LogP contribution in [0.25, 0.3) is 32.0 Å². The molecular formula is C43H54N2O6S2. The van der Waals surface area contributed by atoms with Gasteiger partial charge in [-0.3, -0.25) is 0 Å². The first-order valence-corrected chi connectivity index (χ1v) is 20.1. The summed E-state index contributed by atoms with van der Waals surface area (Å²) >= 11 is 3.69. The number of hydrogen-bond donors (Lipinski definition) is 2. The quantitative estimate of drug-likeness (QED) is 0.124. The highest BCUT2D eigenvalue weighted by Gasteiger charge is 2.24. The fraction of sp³-hybridized carbons (Fsp3) is 0.442. The van der Waals surface area contributed by atoms with Crippen molar-refractivity contribution in [2.45, 2.75) is 98.7 Å². The van der Waals surface area contributed by atoms with Crippen LogP contribution in [0.4, 0.5) is 9.59 Å². The first-order chi connectivity index (χ1) is 25.1. The van der Waals surface area contributed by atoms with Crippen LogP contribution in [0, 0.1) is 13.8 Å². The average Bonchev–Trinajstić information content (AvgIpc) is 3.81. The van der Waals surface area contributed by atoms with Gasteiger partial charge >= 0.3 is 12.2 Å². The Morgan fingerprint density at radius 2 is 1.00 bits per heavy atom. The third-order valence-electron chi connectivity index (χ3n) is 8.50. The molecule has 0 radical (unpaired) electrons. The molecule has 1 aliphatic carbocycles. The van der Waals surface area contributed by atoms with E-state index in [2.05, 4.69) is 60.9 Å². The van der Waals surface area contributed by atoms with E-state index < -0.39 is 23.4 Å². The Bertz CT molecular complexity index is 1740. The predicted molar refractivity (Wildman–Crippen MR) is 218 cm³/mol. The number of alkyl carbamates (subject to hydrolysis) is 2. The summed E-state index contributed by atoms with van der Waals surface area (Å²) < 4.78 is 22.4. The normalized spacial score (nSPS) is 13.2. The van der Waals surface area contributed by atoms with E-state index in [1.807, 2.05) is 88.5 Å². The van der Waals surface area contributed by atoms with Gasteiger partial charge in [0.2, 0.25) is 0 Å². The third kappa shape index (κ3) is 11.9. The summed E-state index contributed by atoms with van der Waals surface area (Å²) in [5.74, 6) is 1.63. The lowest BCUT2D eigenvalue weighted by Gasteiger charge is -2.19. The maximum Gasteiger partial charge on any atom is 0.407 e. The Labute approximate surface area is 322 Å². The number of benzene rings is 2. The molecule has 5 rings (SSSR count). The van der Waals surface area contributed by atoms with Crippen molar-refractivity contribution in [3.05, 3.63) is 81.5 Å². The molecule has 0 unspecified atom stereocenters. The summed E-state index contributed by atoms with van der Waals surface area (Å²) in [6.45, 7) is 17.6. The van der Waals surface area contributed by atoms with Crippen molar-refractivity contribution in [1.82, 2.24) is 10.6 Å². The number of allylic oxidation sites excluding steroid dienone is 2. The first-order valence-electron chi connectivity index (χ1n) is 18.5. The Morgan fingerprint density at radius 1 is 0.623 bits per heavy atom. The van der Waals surface area contributed by atoms with E-state index in [9.17, 15) is 9.59 Å². The standard InChI is InChI=1S/C43H54N2O6S2/c1-28-36(26-38(52-28)30-14-18-32(19-15-30)48-24-10-22-44-40(46)50-42(3,4)5)34-12-9-13-35(34)37-27-39(53-29(37)2)31-16-20-33(21-17-31)49-25-11-23-45-41(47)51-43(6,7)8/h14-21,26-27H,9-13,22-25H2,1-8H3,(H,44,46)(H,45,47). The second-order valence-electron chi connectivity index (χ2n) is 15.3. The van der Waals surface area contributed by atoms with Gasteiger partial charge in [0.05, 0.1) is 13.2 Å². The molecule has 0 fully saturated rings. The van der Waals surface area contributed by atoms with Gasteiger partial charge in [0.1, 0.15) is 22.7 Å². The van der Waals surface area contributed by atoms with Gasteiger partial charge < -0.3 is 29.6 Å². The SMILES string of the molecule is Cc1sc(-c2ccc(OCCCNC(=O)OC(C)(C)C)cc2)cc1C1=C(c2cc(-c3ccc(OCCCNC(=O)OC(C)(C)C)cc3)sc2C)CCC1. The molecule has 284 valence electrons. The predicted octanol–water partition coefficient (Wildman–Crippen LogP) is 11.4. The highest BCUT2D eigenvalue weighted by atomic mass is 32.1. The number of hydrogen-bond acceptors (Lipinski definition) is 8.